The lowest BCUT2D eigenvalue weighted by atomic mass is 9.61. The molecule has 0 saturated heterocycles. The fraction of sp³-hybridized carbons (Fsp3) is 0.650. The molecule has 6 nitrogen and oxygen atoms in total. The average Bonchev–Trinajstić information content (AvgIpc) is 3.07. The van der Waals surface area contributed by atoms with Gasteiger partial charge in [-0.25, -0.2) is 4.99 Å². The van der Waals surface area contributed by atoms with E-state index in [-0.39, 0.29) is 11.5 Å². The fourth-order valence-corrected chi connectivity index (χ4v) is 5.62. The number of rotatable bonds is 4. The van der Waals surface area contributed by atoms with Crippen LogP contribution in [0.2, 0.25) is 5.02 Å². The second-order valence-corrected chi connectivity index (χ2v) is 8.43. The van der Waals surface area contributed by atoms with Gasteiger partial charge in [-0.05, 0) is 55.4 Å². The number of nitrogens with zero attached hydrogens (tertiary/aromatic N) is 2. The molecule has 148 valence electrons. The number of aliphatic hydroxyl groups is 1. The summed E-state index contributed by atoms with van der Waals surface area (Å²) < 4.78 is 10.8. The van der Waals surface area contributed by atoms with E-state index in [0.29, 0.717) is 24.1 Å². The van der Waals surface area contributed by atoms with E-state index in [1.54, 1.807) is 19.1 Å². The lowest BCUT2D eigenvalue weighted by Crippen LogP contribution is -2.55. The molecule has 27 heavy (non-hydrogen) atoms. The second kappa shape index (κ2) is 6.92. The van der Waals surface area contributed by atoms with Gasteiger partial charge in [-0.1, -0.05) is 17.7 Å². The van der Waals surface area contributed by atoms with Gasteiger partial charge in [0.25, 0.3) is 0 Å². The molecule has 0 aromatic heterocycles. The Morgan fingerprint density at radius 1 is 1.33 bits per heavy atom. The van der Waals surface area contributed by atoms with Crippen LogP contribution in [0.3, 0.4) is 0 Å². The molecule has 3 aliphatic rings. The van der Waals surface area contributed by atoms with Crippen LogP contribution in [-0.2, 0) is 21.4 Å². The van der Waals surface area contributed by atoms with Crippen LogP contribution in [0.4, 0.5) is 0 Å². The first-order chi connectivity index (χ1) is 13.0. The van der Waals surface area contributed by atoms with Crippen molar-refractivity contribution in [1.29, 1.82) is 0 Å². The van der Waals surface area contributed by atoms with Crippen LogP contribution in [0.5, 0.6) is 0 Å². The Morgan fingerprint density at radius 2 is 2.07 bits per heavy atom. The number of aliphatic imine (C=N–C) groups is 1. The van der Waals surface area contributed by atoms with Crippen LogP contribution in [-0.4, -0.2) is 55.7 Å². The van der Waals surface area contributed by atoms with Crippen LogP contribution in [0.1, 0.15) is 36.8 Å². The number of benzene rings is 1. The van der Waals surface area contributed by atoms with Crippen molar-refractivity contribution < 1.29 is 14.6 Å². The summed E-state index contributed by atoms with van der Waals surface area (Å²) >= 11 is 6.35. The molecule has 4 rings (SSSR count). The van der Waals surface area contributed by atoms with E-state index in [1.165, 1.54) is 5.56 Å². The molecule has 0 radical (unpaired) electrons. The van der Waals surface area contributed by atoms with Gasteiger partial charge in [0.1, 0.15) is 5.54 Å². The van der Waals surface area contributed by atoms with Gasteiger partial charge in [0.2, 0.25) is 0 Å². The van der Waals surface area contributed by atoms with E-state index in [0.717, 1.165) is 37.7 Å². The van der Waals surface area contributed by atoms with Crippen LogP contribution < -0.4 is 5.73 Å². The van der Waals surface area contributed by atoms with Crippen molar-refractivity contribution in [3.8, 4) is 0 Å². The highest BCUT2D eigenvalue weighted by atomic mass is 35.5. The SMILES string of the molecule is COCCN1C(N)=NC2(c3cc(Cl)ccc3CC23CCC(OC)CC3)C1O. The van der Waals surface area contributed by atoms with Gasteiger partial charge in [0.15, 0.2) is 12.2 Å². The lowest BCUT2D eigenvalue weighted by Gasteiger charge is -2.48. The zero-order chi connectivity index (χ0) is 19.2. The summed E-state index contributed by atoms with van der Waals surface area (Å²) in [6.07, 6.45) is 4.10. The molecular weight excluding hydrogens is 366 g/mol. The Labute approximate surface area is 165 Å². The van der Waals surface area contributed by atoms with Crippen LogP contribution in [0.15, 0.2) is 23.2 Å². The highest BCUT2D eigenvalue weighted by molar-refractivity contribution is 6.30. The lowest BCUT2D eigenvalue weighted by molar-refractivity contribution is -0.0845. The molecule has 1 aliphatic heterocycles. The maximum atomic E-state index is 11.5. The van der Waals surface area contributed by atoms with Gasteiger partial charge >= 0.3 is 0 Å². The van der Waals surface area contributed by atoms with Crippen molar-refractivity contribution >= 4 is 17.6 Å². The number of ether oxygens (including phenoxy) is 2. The van der Waals surface area contributed by atoms with Gasteiger partial charge in [-0.3, -0.25) is 0 Å². The van der Waals surface area contributed by atoms with Crippen molar-refractivity contribution in [1.82, 2.24) is 4.90 Å². The summed E-state index contributed by atoms with van der Waals surface area (Å²) in [5.41, 5.74) is 7.56. The Morgan fingerprint density at radius 3 is 2.74 bits per heavy atom. The first kappa shape index (κ1) is 19.0. The van der Waals surface area contributed by atoms with E-state index in [2.05, 4.69) is 6.07 Å². The predicted octanol–water partition coefficient (Wildman–Crippen LogP) is 2.26. The standard InChI is InChI=1S/C20H28ClN3O3/c1-26-10-9-24-17(25)20(23-18(24)22)16-11-14(21)4-3-13(16)12-19(20)7-5-15(27-2)6-8-19/h3-4,11,15,17,25H,5-10,12H2,1-2H3,(H2,22,23). The van der Waals surface area contributed by atoms with Gasteiger partial charge in [-0.15, -0.1) is 0 Å². The molecule has 1 aromatic rings. The Balaban J connectivity index is 1.80. The quantitative estimate of drug-likeness (QED) is 0.820. The summed E-state index contributed by atoms with van der Waals surface area (Å²) in [6.45, 7) is 0.978. The number of halogens is 1. The highest BCUT2D eigenvalue weighted by Crippen LogP contribution is 2.63. The highest BCUT2D eigenvalue weighted by Gasteiger charge is 2.66. The molecule has 2 atom stereocenters. The van der Waals surface area contributed by atoms with Crippen molar-refractivity contribution in [2.45, 2.75) is 50.0 Å². The summed E-state index contributed by atoms with van der Waals surface area (Å²) in [7, 11) is 3.42. The number of fused-ring (bicyclic) bond motifs is 3. The first-order valence-electron chi connectivity index (χ1n) is 9.58. The zero-order valence-corrected chi connectivity index (χ0v) is 16.7. The number of methoxy groups -OCH3 is 2. The molecule has 2 unspecified atom stereocenters. The van der Waals surface area contributed by atoms with Crippen molar-refractivity contribution in [2.24, 2.45) is 16.1 Å². The first-order valence-corrected chi connectivity index (χ1v) is 9.96. The average molecular weight is 394 g/mol. The van der Waals surface area contributed by atoms with Gasteiger partial charge in [-0.2, -0.15) is 0 Å². The van der Waals surface area contributed by atoms with E-state index < -0.39 is 11.8 Å². The minimum Gasteiger partial charge on any atom is -0.383 e. The van der Waals surface area contributed by atoms with Crippen LogP contribution >= 0.6 is 11.6 Å². The number of hydrogen-bond acceptors (Lipinski definition) is 6. The number of aliphatic hydroxyl groups excluding tert-OH is 1. The minimum absolute atomic E-state index is 0.180. The molecule has 1 saturated carbocycles. The maximum Gasteiger partial charge on any atom is 0.194 e. The topological polar surface area (TPSA) is 80.3 Å². The van der Waals surface area contributed by atoms with Gasteiger partial charge in [0, 0.05) is 31.2 Å². The smallest absolute Gasteiger partial charge is 0.194 e. The summed E-state index contributed by atoms with van der Waals surface area (Å²) in [4.78, 5) is 6.73. The van der Waals surface area contributed by atoms with Crippen LogP contribution in [0, 0.1) is 5.41 Å². The molecule has 1 aromatic carbocycles. The molecule has 7 heteroatoms. The third-order valence-corrected chi connectivity index (χ3v) is 7.07. The fourth-order valence-electron chi connectivity index (χ4n) is 5.45. The number of hydrogen-bond donors (Lipinski definition) is 2. The molecule has 2 aliphatic carbocycles. The van der Waals surface area contributed by atoms with E-state index >= 15 is 0 Å². The molecule has 1 heterocycles. The predicted molar refractivity (Wildman–Crippen MR) is 105 cm³/mol. The Hall–Kier alpha value is -1.34. The van der Waals surface area contributed by atoms with E-state index in [4.69, 9.17) is 31.8 Å². The van der Waals surface area contributed by atoms with Gasteiger partial charge in [0.05, 0.1) is 12.7 Å². The third-order valence-electron chi connectivity index (χ3n) is 6.83. The Bertz CT molecular complexity index is 748. The summed E-state index contributed by atoms with van der Waals surface area (Å²) in [5.74, 6) is 0.376. The molecule has 2 spiro atoms. The van der Waals surface area contributed by atoms with E-state index in [1.807, 2.05) is 12.1 Å². The largest absolute Gasteiger partial charge is 0.383 e. The normalized spacial score (nSPS) is 35.1. The van der Waals surface area contributed by atoms with Crippen molar-refractivity contribution in [3.63, 3.8) is 0 Å². The van der Waals surface area contributed by atoms with Crippen molar-refractivity contribution in [3.05, 3.63) is 34.3 Å². The molecular formula is C20H28ClN3O3. The van der Waals surface area contributed by atoms with Crippen LogP contribution in [0.25, 0.3) is 0 Å². The number of nitrogens with two attached hydrogens (primary N) is 1. The molecule has 1 fully saturated rings. The monoisotopic (exact) mass is 393 g/mol. The summed E-state index contributed by atoms with van der Waals surface area (Å²) in [5, 5.41) is 12.2. The summed E-state index contributed by atoms with van der Waals surface area (Å²) in [6, 6.07) is 5.96. The Kier molecular flexibility index (Phi) is 4.87. The third kappa shape index (κ3) is 2.69. The molecule has 0 amide bonds. The molecule has 3 N–H and O–H groups in total. The van der Waals surface area contributed by atoms with E-state index in [9.17, 15) is 5.11 Å². The zero-order valence-electron chi connectivity index (χ0n) is 15.9. The van der Waals surface area contributed by atoms with Gasteiger partial charge < -0.3 is 25.2 Å². The van der Waals surface area contributed by atoms with Crippen molar-refractivity contribution in [2.75, 3.05) is 27.4 Å². The maximum absolute atomic E-state index is 11.5. The molecule has 0 bridgehead atoms. The second-order valence-electron chi connectivity index (χ2n) is 7.99. The minimum atomic E-state index is -0.827. The number of guanidine groups is 1.